The van der Waals surface area contributed by atoms with Crippen molar-refractivity contribution in [2.24, 2.45) is 0 Å². The normalized spacial score (nSPS) is 16.3. The fourth-order valence-electron chi connectivity index (χ4n) is 3.22. The summed E-state index contributed by atoms with van der Waals surface area (Å²) in [7, 11) is 0. The lowest BCUT2D eigenvalue weighted by molar-refractivity contribution is -0.111. The Morgan fingerprint density at radius 3 is 2.65 bits per heavy atom. The lowest BCUT2D eigenvalue weighted by atomic mass is 9.83. The maximum Gasteiger partial charge on any atom is 0.142 e. The molecule has 2 unspecified atom stereocenters. The molecule has 1 aliphatic rings. The number of carbonyl (C=O) groups is 1. The van der Waals surface area contributed by atoms with Crippen molar-refractivity contribution in [1.82, 2.24) is 4.90 Å². The smallest absolute Gasteiger partial charge is 0.142 e. The molecule has 1 aromatic rings. The molecule has 0 bridgehead atoms. The third-order valence-corrected chi connectivity index (χ3v) is 4.40. The number of nitrogens with zero attached hydrogens (tertiary/aromatic N) is 1. The van der Waals surface area contributed by atoms with Crippen LogP contribution in [0.5, 0.6) is 0 Å². The van der Waals surface area contributed by atoms with Crippen LogP contribution in [0.15, 0.2) is 66.4 Å². The fourth-order valence-corrected chi connectivity index (χ4v) is 3.22. The molecule has 1 aliphatic carbocycles. The van der Waals surface area contributed by atoms with Crippen LogP contribution >= 0.6 is 0 Å². The predicted octanol–water partition coefficient (Wildman–Crippen LogP) is 4.86. The van der Waals surface area contributed by atoms with Gasteiger partial charge in [-0.1, -0.05) is 67.6 Å². The van der Waals surface area contributed by atoms with Gasteiger partial charge in [-0.15, -0.1) is 0 Å². The summed E-state index contributed by atoms with van der Waals surface area (Å²) in [6.45, 7) is 9.34. The van der Waals surface area contributed by atoms with Crippen molar-refractivity contribution in [3.8, 4) is 0 Å². The molecule has 0 amide bonds. The van der Waals surface area contributed by atoms with Crippen LogP contribution in [0.25, 0.3) is 0 Å². The third-order valence-electron chi connectivity index (χ3n) is 4.40. The van der Waals surface area contributed by atoms with Crippen LogP contribution in [0.4, 0.5) is 0 Å². The van der Waals surface area contributed by atoms with E-state index < -0.39 is 0 Å². The van der Waals surface area contributed by atoms with E-state index in [2.05, 4.69) is 60.9 Å². The first kappa shape index (κ1) is 17.3. The van der Waals surface area contributed by atoms with E-state index in [1.54, 1.807) is 0 Å². The Morgan fingerprint density at radius 1 is 1.35 bits per heavy atom. The van der Waals surface area contributed by atoms with Gasteiger partial charge in [-0.2, -0.15) is 0 Å². The van der Waals surface area contributed by atoms with Crippen molar-refractivity contribution in [2.45, 2.75) is 45.1 Å². The fraction of sp³-hybridized carbons (Fsp3) is 0.381. The van der Waals surface area contributed by atoms with Gasteiger partial charge < -0.3 is 9.69 Å². The van der Waals surface area contributed by atoms with Gasteiger partial charge in [0.05, 0.1) is 6.04 Å². The first-order valence-electron chi connectivity index (χ1n) is 8.50. The van der Waals surface area contributed by atoms with E-state index >= 15 is 0 Å². The number of rotatable bonds is 8. The van der Waals surface area contributed by atoms with Crippen molar-refractivity contribution in [3.05, 3.63) is 72.0 Å². The topological polar surface area (TPSA) is 20.3 Å². The lowest BCUT2D eigenvalue weighted by Gasteiger charge is -2.36. The highest BCUT2D eigenvalue weighted by Crippen LogP contribution is 2.37. The minimum atomic E-state index is -0.145. The van der Waals surface area contributed by atoms with Gasteiger partial charge in [0, 0.05) is 18.2 Å². The molecule has 0 fully saturated rings. The summed E-state index contributed by atoms with van der Waals surface area (Å²) in [5, 5.41) is 0. The quantitative estimate of drug-likeness (QED) is 0.639. The van der Waals surface area contributed by atoms with Gasteiger partial charge >= 0.3 is 0 Å². The summed E-state index contributed by atoms with van der Waals surface area (Å²) in [6, 6.07) is 10.4. The van der Waals surface area contributed by atoms with Crippen LogP contribution < -0.4 is 0 Å². The molecule has 2 nitrogen and oxygen atoms in total. The second-order valence-corrected chi connectivity index (χ2v) is 6.11. The number of aldehydes is 1. The Morgan fingerprint density at radius 2 is 2.09 bits per heavy atom. The van der Waals surface area contributed by atoms with E-state index in [9.17, 15) is 4.79 Å². The van der Waals surface area contributed by atoms with Crippen molar-refractivity contribution < 1.29 is 4.79 Å². The second-order valence-electron chi connectivity index (χ2n) is 6.11. The molecule has 0 saturated carbocycles. The average Bonchev–Trinajstić information content (AvgIpc) is 2.61. The van der Waals surface area contributed by atoms with E-state index in [1.165, 1.54) is 11.1 Å². The summed E-state index contributed by atoms with van der Waals surface area (Å²) >= 11 is 0. The summed E-state index contributed by atoms with van der Waals surface area (Å²) < 4.78 is 0. The Hall–Kier alpha value is -2.09. The molecule has 0 saturated heterocycles. The Bertz CT molecular complexity index is 585. The van der Waals surface area contributed by atoms with Gasteiger partial charge in [-0.05, 0) is 31.7 Å². The van der Waals surface area contributed by atoms with Crippen molar-refractivity contribution in [2.75, 3.05) is 6.54 Å². The van der Waals surface area contributed by atoms with E-state index in [-0.39, 0.29) is 12.0 Å². The van der Waals surface area contributed by atoms with Gasteiger partial charge in [0.25, 0.3) is 0 Å². The van der Waals surface area contributed by atoms with Crippen LogP contribution in [0.1, 0.15) is 44.6 Å². The number of carbonyl (C=O) groups excluding carboxylic acids is 1. The molecule has 2 atom stereocenters. The zero-order valence-corrected chi connectivity index (χ0v) is 14.2. The van der Waals surface area contributed by atoms with Gasteiger partial charge in [0.2, 0.25) is 0 Å². The van der Waals surface area contributed by atoms with Crippen molar-refractivity contribution in [1.29, 1.82) is 0 Å². The predicted molar refractivity (Wildman–Crippen MR) is 97.3 cm³/mol. The van der Waals surface area contributed by atoms with Crippen molar-refractivity contribution in [3.63, 3.8) is 0 Å². The van der Waals surface area contributed by atoms with Crippen LogP contribution in [-0.2, 0) is 4.79 Å². The maximum atomic E-state index is 11.4. The van der Waals surface area contributed by atoms with E-state index in [1.807, 2.05) is 13.0 Å². The van der Waals surface area contributed by atoms with Crippen LogP contribution in [0.3, 0.4) is 0 Å². The molecule has 0 aromatic heterocycles. The highest BCUT2D eigenvalue weighted by Gasteiger charge is 2.26. The van der Waals surface area contributed by atoms with Gasteiger partial charge in [-0.3, -0.25) is 0 Å². The molecule has 2 heteroatoms. The maximum absolute atomic E-state index is 11.4. The minimum Gasteiger partial charge on any atom is -0.365 e. The SMILES string of the molecule is C=C(C(C1=CC=CCC1)c1ccccc1)N(CCC)C(C)C=O. The molecule has 0 aliphatic heterocycles. The molecule has 0 heterocycles. The van der Waals surface area contributed by atoms with E-state index in [0.717, 1.165) is 37.8 Å². The standard InChI is InChI=1S/C21H27NO/c1-4-15-22(17(2)16-23)18(3)21(19-11-7-5-8-12-19)20-13-9-6-10-14-20/h5-9,11-13,16-17,21H,3-4,10,14-15H2,1-2H3. The Labute approximate surface area is 140 Å². The average molecular weight is 309 g/mol. The number of benzene rings is 1. The molecule has 0 spiro atoms. The first-order valence-corrected chi connectivity index (χ1v) is 8.50. The summed E-state index contributed by atoms with van der Waals surface area (Å²) in [6.07, 6.45) is 10.7. The van der Waals surface area contributed by atoms with Crippen molar-refractivity contribution >= 4 is 6.29 Å². The largest absolute Gasteiger partial charge is 0.365 e. The summed E-state index contributed by atoms with van der Waals surface area (Å²) in [5.74, 6) is 0.148. The molecule has 0 radical (unpaired) electrons. The van der Waals surface area contributed by atoms with Crippen LogP contribution in [0, 0.1) is 0 Å². The molecule has 23 heavy (non-hydrogen) atoms. The van der Waals surface area contributed by atoms with Crippen LogP contribution in [0.2, 0.25) is 0 Å². The van der Waals surface area contributed by atoms with E-state index in [4.69, 9.17) is 0 Å². The first-order chi connectivity index (χ1) is 11.2. The number of hydrogen-bond donors (Lipinski definition) is 0. The van der Waals surface area contributed by atoms with E-state index in [0.29, 0.717) is 0 Å². The van der Waals surface area contributed by atoms with Gasteiger partial charge in [0.15, 0.2) is 0 Å². The third kappa shape index (κ3) is 4.22. The molecular formula is C21H27NO. The highest BCUT2D eigenvalue weighted by atomic mass is 16.1. The Kier molecular flexibility index (Phi) is 6.40. The molecule has 0 N–H and O–H groups in total. The lowest BCUT2D eigenvalue weighted by Crippen LogP contribution is -2.36. The number of allylic oxidation sites excluding steroid dienone is 4. The monoisotopic (exact) mass is 309 g/mol. The number of hydrogen-bond acceptors (Lipinski definition) is 2. The summed E-state index contributed by atoms with van der Waals surface area (Å²) in [5.41, 5.74) is 3.65. The van der Waals surface area contributed by atoms with Crippen LogP contribution in [-0.4, -0.2) is 23.8 Å². The highest BCUT2D eigenvalue weighted by molar-refractivity contribution is 5.58. The van der Waals surface area contributed by atoms with Gasteiger partial charge in [-0.25, -0.2) is 0 Å². The Balaban J connectivity index is 2.39. The summed E-state index contributed by atoms with van der Waals surface area (Å²) in [4.78, 5) is 13.5. The zero-order chi connectivity index (χ0) is 16.7. The molecule has 122 valence electrons. The molecular weight excluding hydrogens is 282 g/mol. The second kappa shape index (κ2) is 8.52. The zero-order valence-electron chi connectivity index (χ0n) is 14.2. The minimum absolute atomic E-state index is 0.145. The molecule has 2 rings (SSSR count). The van der Waals surface area contributed by atoms with Gasteiger partial charge in [0.1, 0.15) is 6.29 Å². The molecule has 1 aromatic carbocycles.